The second kappa shape index (κ2) is 7.59. The van der Waals surface area contributed by atoms with E-state index in [-0.39, 0.29) is 11.9 Å². The molecule has 0 fully saturated rings. The maximum atomic E-state index is 12.3. The third kappa shape index (κ3) is 5.39. The van der Waals surface area contributed by atoms with E-state index in [9.17, 15) is 9.59 Å². The lowest BCUT2D eigenvalue weighted by Crippen LogP contribution is -2.39. The van der Waals surface area contributed by atoms with E-state index in [2.05, 4.69) is 5.32 Å². The fourth-order valence-electron chi connectivity index (χ4n) is 2.14. The SMILES string of the molecule is Cc1c(/C=C/C(=O)O)cccc1C(=O)NC(C)CN(C)C. The van der Waals surface area contributed by atoms with Crippen LogP contribution >= 0.6 is 0 Å². The van der Waals surface area contributed by atoms with Crippen molar-refractivity contribution in [3.63, 3.8) is 0 Å². The highest BCUT2D eigenvalue weighted by Gasteiger charge is 2.13. The predicted octanol–water partition coefficient (Wildman–Crippen LogP) is 1.77. The standard InChI is InChI=1S/C16H22N2O3/c1-11(10-18(3)4)17-16(21)14-7-5-6-13(12(14)2)8-9-15(19)20/h5-9,11H,10H2,1-4H3,(H,17,21)(H,19,20)/b9-8+. The molecule has 0 saturated carbocycles. The average Bonchev–Trinajstić information content (AvgIpc) is 2.36. The molecule has 0 aliphatic carbocycles. The molecular weight excluding hydrogens is 268 g/mol. The van der Waals surface area contributed by atoms with Crippen LogP contribution in [-0.4, -0.2) is 48.6 Å². The number of likely N-dealkylation sites (N-methyl/N-ethyl adjacent to an activating group) is 1. The van der Waals surface area contributed by atoms with Crippen molar-refractivity contribution in [3.8, 4) is 0 Å². The number of nitrogens with one attached hydrogen (secondary N) is 1. The van der Waals surface area contributed by atoms with Crippen LogP contribution in [0.1, 0.15) is 28.4 Å². The Morgan fingerprint density at radius 1 is 1.38 bits per heavy atom. The first-order valence-corrected chi connectivity index (χ1v) is 6.77. The summed E-state index contributed by atoms with van der Waals surface area (Å²) < 4.78 is 0. The first kappa shape index (κ1) is 16.9. The number of amides is 1. The van der Waals surface area contributed by atoms with Gasteiger partial charge in [0.05, 0.1) is 0 Å². The summed E-state index contributed by atoms with van der Waals surface area (Å²) in [5.41, 5.74) is 2.06. The number of carbonyl (C=O) groups is 2. The number of hydrogen-bond donors (Lipinski definition) is 2. The molecule has 0 radical (unpaired) electrons. The van der Waals surface area contributed by atoms with Crippen molar-refractivity contribution in [2.24, 2.45) is 0 Å². The zero-order valence-corrected chi connectivity index (χ0v) is 12.9. The zero-order valence-electron chi connectivity index (χ0n) is 12.9. The maximum absolute atomic E-state index is 12.3. The van der Waals surface area contributed by atoms with E-state index in [1.807, 2.05) is 32.8 Å². The summed E-state index contributed by atoms with van der Waals surface area (Å²) in [6.45, 7) is 4.51. The van der Waals surface area contributed by atoms with Gasteiger partial charge in [0.15, 0.2) is 0 Å². The Morgan fingerprint density at radius 2 is 2.05 bits per heavy atom. The topological polar surface area (TPSA) is 69.6 Å². The van der Waals surface area contributed by atoms with Crippen LogP contribution in [0.15, 0.2) is 24.3 Å². The van der Waals surface area contributed by atoms with Crippen molar-refractivity contribution < 1.29 is 14.7 Å². The fraction of sp³-hybridized carbons (Fsp3) is 0.375. The number of hydrogen-bond acceptors (Lipinski definition) is 3. The minimum atomic E-state index is -1.01. The molecule has 5 heteroatoms. The Bertz CT molecular complexity index is 550. The van der Waals surface area contributed by atoms with Gasteiger partial charge >= 0.3 is 5.97 Å². The van der Waals surface area contributed by atoms with Crippen LogP contribution in [-0.2, 0) is 4.79 Å². The molecule has 0 saturated heterocycles. The summed E-state index contributed by atoms with van der Waals surface area (Å²) in [5, 5.41) is 11.6. The predicted molar refractivity (Wildman–Crippen MR) is 83.3 cm³/mol. The minimum absolute atomic E-state index is 0.0325. The molecule has 0 bridgehead atoms. The Hall–Kier alpha value is -2.14. The fourth-order valence-corrected chi connectivity index (χ4v) is 2.14. The molecule has 0 heterocycles. The normalized spacial score (nSPS) is 12.6. The number of benzene rings is 1. The lowest BCUT2D eigenvalue weighted by molar-refractivity contribution is -0.131. The van der Waals surface area contributed by atoms with Crippen molar-refractivity contribution in [2.75, 3.05) is 20.6 Å². The summed E-state index contributed by atoms with van der Waals surface area (Å²) in [5.74, 6) is -1.16. The molecule has 1 atom stereocenters. The quantitative estimate of drug-likeness (QED) is 0.783. The Morgan fingerprint density at radius 3 is 2.62 bits per heavy atom. The highest BCUT2D eigenvalue weighted by atomic mass is 16.4. The molecule has 0 spiro atoms. The van der Waals surface area contributed by atoms with Gasteiger partial charge in [0, 0.05) is 24.2 Å². The minimum Gasteiger partial charge on any atom is -0.478 e. The van der Waals surface area contributed by atoms with Gasteiger partial charge in [0.25, 0.3) is 5.91 Å². The van der Waals surface area contributed by atoms with Crippen molar-refractivity contribution in [1.29, 1.82) is 0 Å². The van der Waals surface area contributed by atoms with E-state index >= 15 is 0 Å². The van der Waals surface area contributed by atoms with Gasteiger partial charge in [-0.3, -0.25) is 4.79 Å². The molecule has 5 nitrogen and oxygen atoms in total. The largest absolute Gasteiger partial charge is 0.478 e. The van der Waals surface area contributed by atoms with Gasteiger partial charge in [-0.05, 0) is 51.2 Å². The molecule has 0 aliphatic heterocycles. The van der Waals surface area contributed by atoms with E-state index in [0.717, 1.165) is 23.7 Å². The number of carbonyl (C=O) groups excluding carboxylic acids is 1. The number of rotatable bonds is 6. The maximum Gasteiger partial charge on any atom is 0.328 e. The van der Waals surface area contributed by atoms with E-state index in [0.29, 0.717) is 5.56 Å². The van der Waals surface area contributed by atoms with Gasteiger partial charge in [0.2, 0.25) is 0 Å². The van der Waals surface area contributed by atoms with Crippen molar-refractivity contribution >= 4 is 18.0 Å². The summed E-state index contributed by atoms with van der Waals surface area (Å²) in [6.07, 6.45) is 2.57. The number of aliphatic carboxylic acids is 1. The van der Waals surface area contributed by atoms with E-state index in [1.54, 1.807) is 18.2 Å². The molecule has 1 rings (SSSR count). The summed E-state index contributed by atoms with van der Waals surface area (Å²) in [7, 11) is 3.90. The Kier molecular flexibility index (Phi) is 6.11. The monoisotopic (exact) mass is 290 g/mol. The molecule has 2 N–H and O–H groups in total. The molecule has 1 aromatic rings. The average molecular weight is 290 g/mol. The van der Waals surface area contributed by atoms with Crippen LogP contribution in [0.2, 0.25) is 0 Å². The molecule has 0 aromatic heterocycles. The number of carboxylic acid groups (broad SMARTS) is 1. The molecule has 114 valence electrons. The highest BCUT2D eigenvalue weighted by molar-refractivity contribution is 5.97. The Balaban J connectivity index is 2.90. The molecule has 1 aromatic carbocycles. The van der Waals surface area contributed by atoms with Crippen molar-refractivity contribution in [1.82, 2.24) is 10.2 Å². The lowest BCUT2D eigenvalue weighted by Gasteiger charge is -2.19. The summed E-state index contributed by atoms with van der Waals surface area (Å²) in [4.78, 5) is 24.9. The number of carboxylic acids is 1. The second-order valence-electron chi connectivity index (χ2n) is 5.33. The van der Waals surface area contributed by atoms with Crippen molar-refractivity contribution in [3.05, 3.63) is 41.0 Å². The van der Waals surface area contributed by atoms with Crippen LogP contribution in [0.4, 0.5) is 0 Å². The highest BCUT2D eigenvalue weighted by Crippen LogP contribution is 2.15. The molecular formula is C16H22N2O3. The molecule has 0 aliphatic rings. The smallest absolute Gasteiger partial charge is 0.328 e. The Labute approximate surface area is 125 Å². The van der Waals surface area contributed by atoms with Gasteiger partial charge in [-0.25, -0.2) is 4.79 Å². The second-order valence-corrected chi connectivity index (χ2v) is 5.33. The van der Waals surface area contributed by atoms with Gasteiger partial charge in [-0.1, -0.05) is 12.1 Å². The number of nitrogens with zero attached hydrogens (tertiary/aromatic N) is 1. The first-order valence-electron chi connectivity index (χ1n) is 6.77. The van der Waals surface area contributed by atoms with E-state index in [4.69, 9.17) is 5.11 Å². The van der Waals surface area contributed by atoms with Gasteiger partial charge in [-0.15, -0.1) is 0 Å². The van der Waals surface area contributed by atoms with E-state index < -0.39 is 5.97 Å². The zero-order chi connectivity index (χ0) is 16.0. The van der Waals surface area contributed by atoms with Crippen LogP contribution in [0.3, 0.4) is 0 Å². The lowest BCUT2D eigenvalue weighted by atomic mass is 10.0. The van der Waals surface area contributed by atoms with Crippen LogP contribution < -0.4 is 5.32 Å². The third-order valence-electron chi connectivity index (χ3n) is 3.04. The van der Waals surface area contributed by atoms with Crippen LogP contribution in [0.5, 0.6) is 0 Å². The third-order valence-corrected chi connectivity index (χ3v) is 3.04. The van der Waals surface area contributed by atoms with Gasteiger partial charge < -0.3 is 15.3 Å². The van der Waals surface area contributed by atoms with Gasteiger partial charge in [-0.2, -0.15) is 0 Å². The summed E-state index contributed by atoms with van der Waals surface area (Å²) in [6, 6.07) is 5.31. The van der Waals surface area contributed by atoms with Crippen LogP contribution in [0.25, 0.3) is 6.08 Å². The molecule has 1 unspecified atom stereocenters. The molecule has 21 heavy (non-hydrogen) atoms. The van der Waals surface area contributed by atoms with Gasteiger partial charge in [0.1, 0.15) is 0 Å². The molecule has 1 amide bonds. The van der Waals surface area contributed by atoms with Crippen LogP contribution in [0, 0.1) is 6.92 Å². The first-order chi connectivity index (χ1) is 9.81. The summed E-state index contributed by atoms with van der Waals surface area (Å²) >= 11 is 0. The van der Waals surface area contributed by atoms with Crippen molar-refractivity contribution in [2.45, 2.75) is 19.9 Å². The van der Waals surface area contributed by atoms with E-state index in [1.165, 1.54) is 6.08 Å².